The number of hydrogen-bond acceptors (Lipinski definition) is 4. The number of carbonyl (C=O) groups excluding carboxylic acids is 1. The lowest BCUT2D eigenvalue weighted by molar-refractivity contribution is -0.142. The fraction of sp³-hybridized carbons (Fsp3) is 0.364. The van der Waals surface area contributed by atoms with E-state index in [1.807, 2.05) is 0 Å². The van der Waals surface area contributed by atoms with Crippen LogP contribution in [-0.4, -0.2) is 25.3 Å². The van der Waals surface area contributed by atoms with Gasteiger partial charge in [-0.2, -0.15) is 0 Å². The normalized spacial score (nSPS) is 12.0. The second-order valence-corrected chi connectivity index (χ2v) is 3.18. The molecule has 0 saturated heterocycles. The zero-order valence-electron chi connectivity index (χ0n) is 9.07. The highest BCUT2D eigenvalue weighted by Crippen LogP contribution is 2.24. The summed E-state index contributed by atoms with van der Waals surface area (Å²) in [5.74, 6) is -0.856. The molecular formula is C11H13FO4. The van der Waals surface area contributed by atoms with Gasteiger partial charge in [0.05, 0.1) is 26.7 Å². The smallest absolute Gasteiger partial charge is 0.308 e. The van der Waals surface area contributed by atoms with Crippen molar-refractivity contribution < 1.29 is 23.8 Å². The molecule has 5 heteroatoms. The number of benzene rings is 1. The van der Waals surface area contributed by atoms with E-state index in [0.717, 1.165) is 6.07 Å². The molecule has 16 heavy (non-hydrogen) atoms. The summed E-state index contributed by atoms with van der Waals surface area (Å²) in [4.78, 5) is 10.9. The van der Waals surface area contributed by atoms with Gasteiger partial charge in [0.2, 0.25) is 0 Å². The lowest BCUT2D eigenvalue weighted by Crippen LogP contribution is -2.09. The van der Waals surface area contributed by atoms with Gasteiger partial charge >= 0.3 is 5.97 Å². The van der Waals surface area contributed by atoms with E-state index in [1.54, 1.807) is 0 Å². The second kappa shape index (κ2) is 5.46. The van der Waals surface area contributed by atoms with Crippen LogP contribution in [0, 0.1) is 5.82 Å². The van der Waals surface area contributed by atoms with E-state index in [4.69, 9.17) is 4.74 Å². The van der Waals surface area contributed by atoms with Crippen molar-refractivity contribution in [3.63, 3.8) is 0 Å². The monoisotopic (exact) mass is 228 g/mol. The van der Waals surface area contributed by atoms with Crippen LogP contribution in [0.1, 0.15) is 18.1 Å². The summed E-state index contributed by atoms with van der Waals surface area (Å²) in [6, 6.07) is 4.04. The summed E-state index contributed by atoms with van der Waals surface area (Å²) in [5, 5.41) is 9.58. The van der Waals surface area contributed by atoms with Crippen molar-refractivity contribution in [3.8, 4) is 5.75 Å². The second-order valence-electron chi connectivity index (χ2n) is 3.18. The van der Waals surface area contributed by atoms with Crippen molar-refractivity contribution in [3.05, 3.63) is 29.6 Å². The zero-order valence-corrected chi connectivity index (χ0v) is 9.07. The minimum Gasteiger partial charge on any atom is -0.497 e. The van der Waals surface area contributed by atoms with Gasteiger partial charge in [0.15, 0.2) is 0 Å². The van der Waals surface area contributed by atoms with Crippen molar-refractivity contribution in [1.29, 1.82) is 0 Å². The van der Waals surface area contributed by atoms with Crippen LogP contribution in [0.2, 0.25) is 0 Å². The van der Waals surface area contributed by atoms with Gasteiger partial charge in [-0.1, -0.05) is 0 Å². The minimum atomic E-state index is -1.21. The van der Waals surface area contributed by atoms with Crippen molar-refractivity contribution in [2.24, 2.45) is 0 Å². The van der Waals surface area contributed by atoms with Crippen molar-refractivity contribution in [2.75, 3.05) is 14.2 Å². The van der Waals surface area contributed by atoms with Crippen LogP contribution >= 0.6 is 0 Å². The third kappa shape index (κ3) is 2.93. The minimum absolute atomic E-state index is 0.0474. The largest absolute Gasteiger partial charge is 0.497 e. The van der Waals surface area contributed by atoms with Crippen molar-refractivity contribution >= 4 is 5.97 Å². The van der Waals surface area contributed by atoms with E-state index >= 15 is 0 Å². The van der Waals surface area contributed by atoms with E-state index in [9.17, 15) is 14.3 Å². The van der Waals surface area contributed by atoms with Gasteiger partial charge < -0.3 is 14.6 Å². The highest BCUT2D eigenvalue weighted by molar-refractivity contribution is 5.70. The summed E-state index contributed by atoms with van der Waals surface area (Å²) < 4.78 is 22.6. The molecule has 1 aromatic rings. The zero-order chi connectivity index (χ0) is 12.1. The maximum atomic E-state index is 13.4. The number of carbonyl (C=O) groups is 1. The molecule has 4 nitrogen and oxygen atoms in total. The van der Waals surface area contributed by atoms with Crippen LogP contribution in [0.4, 0.5) is 4.39 Å². The molecular weight excluding hydrogens is 215 g/mol. The van der Waals surface area contributed by atoms with Gasteiger partial charge in [0, 0.05) is 11.6 Å². The number of aliphatic hydroxyl groups excluding tert-OH is 1. The number of esters is 1. The van der Waals surface area contributed by atoms with Crippen LogP contribution in [-0.2, 0) is 9.53 Å². The summed E-state index contributed by atoms with van der Waals surface area (Å²) in [6.07, 6.45) is -1.49. The van der Waals surface area contributed by atoms with Crippen molar-refractivity contribution in [2.45, 2.75) is 12.5 Å². The standard InChI is InChI=1S/C11H13FO4/c1-15-7-3-4-8(9(12)5-7)10(13)6-11(14)16-2/h3-5,10,13H,6H2,1-2H3/t10-/m0/s1. The Balaban J connectivity index is 2.83. The van der Waals surface area contributed by atoms with Gasteiger partial charge in [0.1, 0.15) is 11.6 Å². The number of ether oxygens (including phenoxy) is 2. The maximum Gasteiger partial charge on any atom is 0.308 e. The molecule has 0 aliphatic heterocycles. The molecule has 88 valence electrons. The van der Waals surface area contributed by atoms with E-state index in [0.29, 0.717) is 5.75 Å². The Bertz CT molecular complexity index is 378. The Morgan fingerprint density at radius 2 is 2.19 bits per heavy atom. The summed E-state index contributed by atoms with van der Waals surface area (Å²) in [5.41, 5.74) is 0.0474. The summed E-state index contributed by atoms with van der Waals surface area (Å²) >= 11 is 0. The van der Waals surface area contributed by atoms with E-state index in [-0.39, 0.29) is 12.0 Å². The predicted octanol–water partition coefficient (Wildman–Crippen LogP) is 1.43. The molecule has 0 radical (unpaired) electrons. The summed E-state index contributed by atoms with van der Waals surface area (Å²) in [7, 11) is 2.62. The Kier molecular flexibility index (Phi) is 4.25. The number of halogens is 1. The maximum absolute atomic E-state index is 13.4. The molecule has 1 atom stereocenters. The van der Waals surface area contributed by atoms with Crippen LogP contribution in [0.5, 0.6) is 5.75 Å². The molecule has 1 rings (SSSR count). The Labute approximate surface area is 92.6 Å². The van der Waals surface area contributed by atoms with Gasteiger partial charge in [-0.05, 0) is 12.1 Å². The van der Waals surface area contributed by atoms with Crippen LogP contribution in [0.3, 0.4) is 0 Å². The van der Waals surface area contributed by atoms with Crippen LogP contribution in [0.25, 0.3) is 0 Å². The molecule has 0 spiro atoms. The first-order valence-electron chi connectivity index (χ1n) is 4.66. The van der Waals surface area contributed by atoms with E-state index in [1.165, 1.54) is 26.4 Å². The topological polar surface area (TPSA) is 55.8 Å². The lowest BCUT2D eigenvalue weighted by atomic mass is 10.1. The fourth-order valence-electron chi connectivity index (χ4n) is 1.26. The molecule has 0 heterocycles. The predicted molar refractivity (Wildman–Crippen MR) is 54.5 cm³/mol. The highest BCUT2D eigenvalue weighted by Gasteiger charge is 2.17. The average molecular weight is 228 g/mol. The van der Waals surface area contributed by atoms with Gasteiger partial charge in [-0.15, -0.1) is 0 Å². The molecule has 0 aliphatic rings. The Morgan fingerprint density at radius 3 is 2.69 bits per heavy atom. The SMILES string of the molecule is COC(=O)C[C@H](O)c1ccc(OC)cc1F. The first-order chi connectivity index (χ1) is 7.58. The van der Waals surface area contributed by atoms with Gasteiger partial charge in [-0.25, -0.2) is 4.39 Å². The average Bonchev–Trinajstić information content (AvgIpc) is 2.28. The van der Waals surface area contributed by atoms with Gasteiger partial charge in [0.25, 0.3) is 0 Å². The first kappa shape index (κ1) is 12.4. The fourth-order valence-corrected chi connectivity index (χ4v) is 1.26. The van der Waals surface area contributed by atoms with Crippen LogP contribution < -0.4 is 4.74 Å². The molecule has 0 saturated carbocycles. The highest BCUT2D eigenvalue weighted by atomic mass is 19.1. The molecule has 0 bridgehead atoms. The molecule has 1 N–H and O–H groups in total. The Hall–Kier alpha value is -1.62. The number of rotatable bonds is 4. The summed E-state index contributed by atoms with van der Waals surface area (Å²) in [6.45, 7) is 0. The third-order valence-electron chi connectivity index (χ3n) is 2.15. The Morgan fingerprint density at radius 1 is 1.50 bits per heavy atom. The van der Waals surface area contributed by atoms with E-state index in [2.05, 4.69) is 4.74 Å². The number of aliphatic hydroxyl groups is 1. The third-order valence-corrected chi connectivity index (χ3v) is 2.15. The van der Waals surface area contributed by atoms with E-state index < -0.39 is 17.9 Å². The number of hydrogen-bond donors (Lipinski definition) is 1. The number of methoxy groups -OCH3 is 2. The lowest BCUT2D eigenvalue weighted by Gasteiger charge is -2.11. The first-order valence-corrected chi connectivity index (χ1v) is 4.66. The molecule has 0 aliphatic carbocycles. The molecule has 0 unspecified atom stereocenters. The van der Waals surface area contributed by atoms with Gasteiger partial charge in [-0.3, -0.25) is 4.79 Å². The van der Waals surface area contributed by atoms with Crippen molar-refractivity contribution in [1.82, 2.24) is 0 Å². The quantitative estimate of drug-likeness (QED) is 0.792. The molecule has 0 amide bonds. The molecule has 0 fully saturated rings. The molecule has 0 aromatic heterocycles. The molecule has 1 aromatic carbocycles. The van der Waals surface area contributed by atoms with Crippen LogP contribution in [0.15, 0.2) is 18.2 Å².